The lowest BCUT2D eigenvalue weighted by Crippen LogP contribution is -2.42. The highest BCUT2D eigenvalue weighted by Crippen LogP contribution is 2.42. The highest BCUT2D eigenvalue weighted by molar-refractivity contribution is 8.00. The molecule has 12 heteroatoms. The van der Waals surface area contributed by atoms with Crippen molar-refractivity contribution in [2.75, 3.05) is 23.8 Å². The standard InChI is InChI=1S/C14H17F2N3O6S/c1-7(20)5-26-6-10(21)24-4-8-11(22)14(15,16)12(25-8)19-3-2-9(17)18-13(19)23/h2-3,8,11-12,22H,4-6H2,1H3,(H2,17,18,23). The van der Waals surface area contributed by atoms with Crippen LogP contribution in [0.25, 0.3) is 0 Å². The van der Waals surface area contributed by atoms with Crippen molar-refractivity contribution < 1.29 is 33.0 Å². The first kappa shape index (κ1) is 20.3. The van der Waals surface area contributed by atoms with Crippen molar-refractivity contribution in [1.29, 1.82) is 0 Å². The number of hydrogen-bond donors (Lipinski definition) is 2. The normalized spacial score (nSPS) is 24.4. The zero-order valence-corrected chi connectivity index (χ0v) is 14.4. The Morgan fingerprint density at radius 2 is 2.19 bits per heavy atom. The largest absolute Gasteiger partial charge is 0.462 e. The fraction of sp³-hybridized carbons (Fsp3) is 0.571. The number of aromatic nitrogens is 2. The number of rotatable bonds is 7. The van der Waals surface area contributed by atoms with Gasteiger partial charge in [0.25, 0.3) is 0 Å². The fourth-order valence-electron chi connectivity index (χ4n) is 2.21. The van der Waals surface area contributed by atoms with Crippen molar-refractivity contribution in [3.8, 4) is 0 Å². The number of aliphatic hydroxyl groups is 1. The fourth-order valence-corrected chi connectivity index (χ4v) is 2.84. The molecule has 2 heterocycles. The molecule has 3 N–H and O–H groups in total. The number of hydrogen-bond acceptors (Lipinski definition) is 9. The van der Waals surface area contributed by atoms with E-state index in [0.717, 1.165) is 24.0 Å². The van der Waals surface area contributed by atoms with Gasteiger partial charge in [0, 0.05) is 6.20 Å². The van der Waals surface area contributed by atoms with Crippen LogP contribution >= 0.6 is 11.8 Å². The summed E-state index contributed by atoms with van der Waals surface area (Å²) >= 11 is 1.01. The molecule has 1 saturated heterocycles. The Bertz CT molecular complexity index is 744. The zero-order chi connectivity index (χ0) is 19.5. The number of esters is 1. The van der Waals surface area contributed by atoms with Crippen molar-refractivity contribution in [2.24, 2.45) is 0 Å². The molecule has 3 atom stereocenters. The molecule has 0 spiro atoms. The topological polar surface area (TPSA) is 134 Å². The van der Waals surface area contributed by atoms with Crippen LogP contribution in [0.5, 0.6) is 0 Å². The Hall–Kier alpha value is -2.05. The Balaban J connectivity index is 2.00. The molecule has 2 rings (SSSR count). The molecular formula is C14H17F2N3O6S. The number of carbonyl (C=O) groups is 2. The Morgan fingerprint density at radius 3 is 2.81 bits per heavy atom. The van der Waals surface area contributed by atoms with E-state index in [-0.39, 0.29) is 23.1 Å². The Morgan fingerprint density at radius 1 is 1.50 bits per heavy atom. The molecule has 0 amide bonds. The molecule has 0 aromatic carbocycles. The molecule has 1 aliphatic rings. The third-order valence-electron chi connectivity index (χ3n) is 3.42. The second-order valence-corrected chi connectivity index (χ2v) is 6.55. The number of halogens is 2. The van der Waals surface area contributed by atoms with Crippen molar-refractivity contribution in [3.63, 3.8) is 0 Å². The first-order chi connectivity index (χ1) is 12.1. The highest BCUT2D eigenvalue weighted by atomic mass is 32.2. The second kappa shape index (κ2) is 8.10. The summed E-state index contributed by atoms with van der Waals surface area (Å²) in [6, 6.07) is 1.13. The van der Waals surface area contributed by atoms with Gasteiger partial charge in [-0.25, -0.2) is 4.79 Å². The zero-order valence-electron chi connectivity index (χ0n) is 13.6. The van der Waals surface area contributed by atoms with Crippen molar-refractivity contribution in [2.45, 2.75) is 31.3 Å². The summed E-state index contributed by atoms with van der Waals surface area (Å²) < 4.78 is 38.8. The maximum Gasteiger partial charge on any atom is 0.351 e. The second-order valence-electron chi connectivity index (χ2n) is 5.57. The third kappa shape index (κ3) is 4.56. The summed E-state index contributed by atoms with van der Waals surface area (Å²) in [6.45, 7) is 0.723. The predicted octanol–water partition coefficient (Wildman–Crippen LogP) is -0.416. The van der Waals surface area contributed by atoms with Crippen LogP contribution in [0.4, 0.5) is 14.6 Å². The molecule has 1 aromatic heterocycles. The Kier molecular flexibility index (Phi) is 6.31. The summed E-state index contributed by atoms with van der Waals surface area (Å²) in [5.41, 5.74) is 4.24. The van der Waals surface area contributed by atoms with E-state index in [0.29, 0.717) is 4.57 Å². The van der Waals surface area contributed by atoms with Crippen molar-refractivity contribution in [3.05, 3.63) is 22.7 Å². The molecule has 9 nitrogen and oxygen atoms in total. The van der Waals surface area contributed by atoms with E-state index in [1.165, 1.54) is 6.92 Å². The molecule has 1 aromatic rings. The number of Topliss-reactive ketones (excluding diaryl/α,β-unsaturated/α-hetero) is 1. The van der Waals surface area contributed by atoms with E-state index in [9.17, 15) is 28.3 Å². The molecule has 1 fully saturated rings. The number of thioether (sulfide) groups is 1. The van der Waals surface area contributed by atoms with Crippen LogP contribution in [-0.4, -0.2) is 62.7 Å². The van der Waals surface area contributed by atoms with Crippen LogP contribution < -0.4 is 11.4 Å². The lowest BCUT2D eigenvalue weighted by Gasteiger charge is -2.20. The number of nitrogens with zero attached hydrogens (tertiary/aromatic N) is 2. The number of anilines is 1. The summed E-state index contributed by atoms with van der Waals surface area (Å²) in [6.07, 6.45) is -4.98. The van der Waals surface area contributed by atoms with Crippen LogP contribution in [0.1, 0.15) is 13.2 Å². The molecule has 144 valence electrons. The monoisotopic (exact) mass is 393 g/mol. The van der Waals surface area contributed by atoms with Gasteiger partial charge < -0.3 is 20.3 Å². The van der Waals surface area contributed by atoms with Crippen LogP contribution in [0, 0.1) is 0 Å². The molecule has 0 bridgehead atoms. The van der Waals surface area contributed by atoms with Gasteiger partial charge in [0.1, 0.15) is 24.3 Å². The van der Waals surface area contributed by atoms with Crippen molar-refractivity contribution >= 4 is 29.3 Å². The number of nitrogen functional groups attached to an aromatic ring is 1. The van der Waals surface area contributed by atoms with Crippen LogP contribution in [0.3, 0.4) is 0 Å². The minimum Gasteiger partial charge on any atom is -0.462 e. The molecule has 26 heavy (non-hydrogen) atoms. The average Bonchev–Trinajstić information content (AvgIpc) is 2.76. The van der Waals surface area contributed by atoms with Crippen LogP contribution in [-0.2, 0) is 19.1 Å². The first-order valence-electron chi connectivity index (χ1n) is 7.41. The highest BCUT2D eigenvalue weighted by Gasteiger charge is 2.60. The van der Waals surface area contributed by atoms with E-state index in [1.807, 2.05) is 0 Å². The van der Waals surface area contributed by atoms with Gasteiger partial charge in [0.05, 0.1) is 11.5 Å². The summed E-state index contributed by atoms with van der Waals surface area (Å²) in [5.74, 6) is -4.87. The van der Waals surface area contributed by atoms with Crippen molar-refractivity contribution in [1.82, 2.24) is 9.55 Å². The quantitative estimate of drug-likeness (QED) is 0.593. The van der Waals surface area contributed by atoms with Gasteiger partial charge in [-0.05, 0) is 13.0 Å². The molecule has 0 aliphatic carbocycles. The van der Waals surface area contributed by atoms with Gasteiger partial charge in [-0.15, -0.1) is 11.8 Å². The molecule has 3 unspecified atom stereocenters. The number of nitrogens with two attached hydrogens (primary N) is 1. The number of ether oxygens (including phenoxy) is 2. The van der Waals surface area contributed by atoms with Gasteiger partial charge >= 0.3 is 17.6 Å². The van der Waals surface area contributed by atoms with Crippen LogP contribution in [0.15, 0.2) is 17.1 Å². The third-order valence-corrected chi connectivity index (χ3v) is 4.47. The lowest BCUT2D eigenvalue weighted by molar-refractivity contribution is -0.147. The molecule has 1 aliphatic heterocycles. The minimum atomic E-state index is -3.82. The maximum absolute atomic E-state index is 14.3. The van der Waals surface area contributed by atoms with E-state index in [2.05, 4.69) is 4.98 Å². The van der Waals surface area contributed by atoms with E-state index in [4.69, 9.17) is 15.2 Å². The smallest absolute Gasteiger partial charge is 0.351 e. The van der Waals surface area contributed by atoms with Gasteiger partial charge in [-0.1, -0.05) is 0 Å². The number of alkyl halides is 2. The van der Waals surface area contributed by atoms with Gasteiger partial charge in [-0.2, -0.15) is 13.8 Å². The number of aliphatic hydroxyl groups excluding tert-OH is 1. The maximum atomic E-state index is 14.3. The van der Waals surface area contributed by atoms with Gasteiger partial charge in [0.15, 0.2) is 6.10 Å². The van der Waals surface area contributed by atoms with E-state index < -0.39 is 42.6 Å². The number of carbonyl (C=O) groups excluding carboxylic acids is 2. The first-order valence-corrected chi connectivity index (χ1v) is 8.57. The van der Waals surface area contributed by atoms with Gasteiger partial charge in [0.2, 0.25) is 6.23 Å². The predicted molar refractivity (Wildman–Crippen MR) is 86.7 cm³/mol. The summed E-state index contributed by atoms with van der Waals surface area (Å²) in [7, 11) is 0. The lowest BCUT2D eigenvalue weighted by atomic mass is 10.1. The summed E-state index contributed by atoms with van der Waals surface area (Å²) in [5, 5.41) is 9.78. The van der Waals surface area contributed by atoms with E-state index in [1.54, 1.807) is 0 Å². The Labute approximate surface area is 150 Å². The minimum absolute atomic E-state index is 0.116. The average molecular weight is 393 g/mol. The summed E-state index contributed by atoms with van der Waals surface area (Å²) in [4.78, 5) is 37.4. The molecular weight excluding hydrogens is 376 g/mol. The van der Waals surface area contributed by atoms with Gasteiger partial charge in [-0.3, -0.25) is 14.2 Å². The SMILES string of the molecule is CC(=O)CSCC(=O)OCC1OC(n2ccc(N)nc2=O)C(F)(F)C1O. The van der Waals surface area contributed by atoms with E-state index >= 15 is 0 Å². The van der Waals surface area contributed by atoms with Crippen LogP contribution in [0.2, 0.25) is 0 Å². The molecule has 0 saturated carbocycles. The molecule has 0 radical (unpaired) electrons. The number of ketones is 1.